The normalized spacial score (nSPS) is 11.7. The van der Waals surface area contributed by atoms with Crippen molar-refractivity contribution in [2.75, 3.05) is 17.2 Å². The topological polar surface area (TPSA) is 61.4 Å². The predicted octanol–water partition coefficient (Wildman–Crippen LogP) is 6.81. The highest BCUT2D eigenvalue weighted by molar-refractivity contribution is 6.43. The van der Waals surface area contributed by atoms with Gasteiger partial charge in [-0.1, -0.05) is 66.5 Å². The monoisotopic (exact) mass is 457 g/mol. The maximum Gasteiger partial charge on any atom is 0.322 e. The molecule has 0 fully saturated rings. The van der Waals surface area contributed by atoms with Crippen LogP contribution in [0, 0.1) is 0 Å². The zero-order valence-corrected chi connectivity index (χ0v) is 19.0. The van der Waals surface area contributed by atoms with Crippen molar-refractivity contribution in [1.82, 2.24) is 4.90 Å². The number of nitrogens with zero attached hydrogens (tertiary/aromatic N) is 1. The lowest BCUT2D eigenvalue weighted by atomic mass is 10.1. The number of carbonyl (C=O) groups is 2. The lowest BCUT2D eigenvalue weighted by Crippen LogP contribution is -2.42. The standard InChI is InChI=1S/C24H25Cl2N3O2/c1-3-16(2)29(24(31)28-21-10-6-9-20(25)23(21)26)14-13-22(30)27-19-12-11-17-7-4-5-8-18(17)15-19/h4-12,15-16H,3,13-14H2,1-2H3,(H,27,30)(H,28,31). The number of fused-ring (bicyclic) bond motifs is 1. The summed E-state index contributed by atoms with van der Waals surface area (Å²) in [4.78, 5) is 27.0. The third-order valence-corrected chi connectivity index (χ3v) is 6.01. The highest BCUT2D eigenvalue weighted by Crippen LogP contribution is 2.30. The van der Waals surface area contributed by atoms with Gasteiger partial charge in [-0.2, -0.15) is 0 Å². The number of halogens is 2. The molecule has 0 aromatic heterocycles. The van der Waals surface area contributed by atoms with Crippen molar-refractivity contribution in [3.63, 3.8) is 0 Å². The maximum absolute atomic E-state index is 12.9. The number of amides is 3. The zero-order valence-electron chi connectivity index (χ0n) is 17.5. The van der Waals surface area contributed by atoms with E-state index in [1.165, 1.54) is 0 Å². The SMILES string of the molecule is CCC(C)N(CCC(=O)Nc1ccc2ccccc2c1)C(=O)Nc1cccc(Cl)c1Cl. The third kappa shape index (κ3) is 5.90. The molecule has 0 heterocycles. The number of nitrogens with one attached hydrogen (secondary N) is 2. The van der Waals surface area contributed by atoms with Crippen molar-refractivity contribution >= 4 is 57.3 Å². The molecule has 0 aliphatic heterocycles. The van der Waals surface area contributed by atoms with Crippen LogP contribution in [0.4, 0.5) is 16.2 Å². The number of anilines is 2. The molecule has 0 aliphatic carbocycles. The Bertz CT molecular complexity index is 1090. The molecule has 0 radical (unpaired) electrons. The Labute approximate surface area is 192 Å². The first-order valence-electron chi connectivity index (χ1n) is 10.2. The molecule has 0 bridgehead atoms. The number of hydrogen-bond donors (Lipinski definition) is 2. The van der Waals surface area contributed by atoms with Crippen LogP contribution in [0.25, 0.3) is 10.8 Å². The molecule has 2 N–H and O–H groups in total. The van der Waals surface area contributed by atoms with Crippen molar-refractivity contribution in [2.45, 2.75) is 32.7 Å². The summed E-state index contributed by atoms with van der Waals surface area (Å²) in [7, 11) is 0. The number of rotatable bonds is 7. The number of urea groups is 1. The molecule has 3 amide bonds. The minimum absolute atomic E-state index is 0.0496. The van der Waals surface area contributed by atoms with Crippen LogP contribution in [0.5, 0.6) is 0 Å². The van der Waals surface area contributed by atoms with E-state index >= 15 is 0 Å². The fourth-order valence-electron chi connectivity index (χ4n) is 3.24. The second-order valence-corrected chi connectivity index (χ2v) is 8.13. The Hall–Kier alpha value is -2.76. The van der Waals surface area contributed by atoms with E-state index < -0.39 is 0 Å². The molecule has 3 aromatic rings. The second-order valence-electron chi connectivity index (χ2n) is 7.34. The van der Waals surface area contributed by atoms with Gasteiger partial charge in [-0.25, -0.2) is 4.79 Å². The summed E-state index contributed by atoms with van der Waals surface area (Å²) < 4.78 is 0. The number of hydrogen-bond acceptors (Lipinski definition) is 2. The number of carbonyl (C=O) groups excluding carboxylic acids is 2. The van der Waals surface area contributed by atoms with Crippen molar-refractivity contribution in [3.8, 4) is 0 Å². The quantitative estimate of drug-likeness (QED) is 0.409. The molecular weight excluding hydrogens is 433 g/mol. The first-order valence-corrected chi connectivity index (χ1v) is 10.9. The highest BCUT2D eigenvalue weighted by Gasteiger charge is 2.21. The van der Waals surface area contributed by atoms with E-state index in [0.717, 1.165) is 22.9 Å². The van der Waals surface area contributed by atoms with Gasteiger partial charge in [0.25, 0.3) is 0 Å². The van der Waals surface area contributed by atoms with E-state index in [1.807, 2.05) is 56.3 Å². The van der Waals surface area contributed by atoms with Gasteiger partial charge in [-0.3, -0.25) is 4.79 Å². The van der Waals surface area contributed by atoms with Gasteiger partial charge in [0.1, 0.15) is 0 Å². The van der Waals surface area contributed by atoms with Crippen LogP contribution in [0.2, 0.25) is 10.0 Å². The molecule has 3 aromatic carbocycles. The average molecular weight is 458 g/mol. The van der Waals surface area contributed by atoms with E-state index in [1.54, 1.807) is 23.1 Å². The lowest BCUT2D eigenvalue weighted by molar-refractivity contribution is -0.116. The maximum atomic E-state index is 12.9. The summed E-state index contributed by atoms with van der Waals surface area (Å²) in [5.41, 5.74) is 1.17. The van der Waals surface area contributed by atoms with Crippen LogP contribution in [0.15, 0.2) is 60.7 Å². The van der Waals surface area contributed by atoms with Gasteiger partial charge in [0.2, 0.25) is 5.91 Å². The summed E-state index contributed by atoms with van der Waals surface area (Å²) in [6.45, 7) is 4.21. The third-order valence-electron chi connectivity index (χ3n) is 5.19. The van der Waals surface area contributed by atoms with Gasteiger partial charge < -0.3 is 15.5 Å². The van der Waals surface area contributed by atoms with Gasteiger partial charge in [0, 0.05) is 24.7 Å². The Kier molecular flexibility index (Phi) is 7.77. The molecule has 5 nitrogen and oxygen atoms in total. The smallest absolute Gasteiger partial charge is 0.322 e. The van der Waals surface area contributed by atoms with E-state index in [0.29, 0.717) is 10.7 Å². The van der Waals surface area contributed by atoms with E-state index in [9.17, 15) is 9.59 Å². The molecule has 31 heavy (non-hydrogen) atoms. The highest BCUT2D eigenvalue weighted by atomic mass is 35.5. The summed E-state index contributed by atoms with van der Waals surface area (Å²) >= 11 is 12.2. The van der Waals surface area contributed by atoms with Crippen LogP contribution in [-0.4, -0.2) is 29.4 Å². The van der Waals surface area contributed by atoms with Crippen molar-refractivity contribution < 1.29 is 9.59 Å². The molecule has 0 saturated heterocycles. The van der Waals surface area contributed by atoms with Crippen LogP contribution in [0.1, 0.15) is 26.7 Å². The summed E-state index contributed by atoms with van der Waals surface area (Å²) in [5.74, 6) is -0.155. The molecule has 7 heteroatoms. The van der Waals surface area contributed by atoms with Gasteiger partial charge in [0.05, 0.1) is 15.7 Å². The molecule has 0 saturated carbocycles. The van der Waals surface area contributed by atoms with Gasteiger partial charge >= 0.3 is 6.03 Å². The summed E-state index contributed by atoms with van der Waals surface area (Å²) in [6, 6.07) is 18.4. The first-order chi connectivity index (χ1) is 14.9. The lowest BCUT2D eigenvalue weighted by Gasteiger charge is -2.29. The Morgan fingerprint density at radius 2 is 1.71 bits per heavy atom. The zero-order chi connectivity index (χ0) is 22.4. The minimum atomic E-state index is -0.322. The number of benzene rings is 3. The Balaban J connectivity index is 1.64. The Morgan fingerprint density at radius 3 is 2.45 bits per heavy atom. The summed E-state index contributed by atoms with van der Waals surface area (Å²) in [5, 5.41) is 8.53. The summed E-state index contributed by atoms with van der Waals surface area (Å²) in [6.07, 6.45) is 0.927. The van der Waals surface area contributed by atoms with E-state index in [2.05, 4.69) is 10.6 Å². The minimum Gasteiger partial charge on any atom is -0.326 e. The van der Waals surface area contributed by atoms with Crippen molar-refractivity contribution in [3.05, 3.63) is 70.7 Å². The van der Waals surface area contributed by atoms with Crippen molar-refractivity contribution in [1.29, 1.82) is 0 Å². The fourth-order valence-corrected chi connectivity index (χ4v) is 3.59. The van der Waals surface area contributed by atoms with Crippen LogP contribution >= 0.6 is 23.2 Å². The molecular formula is C24H25Cl2N3O2. The van der Waals surface area contributed by atoms with Crippen LogP contribution < -0.4 is 10.6 Å². The second kappa shape index (κ2) is 10.5. The molecule has 1 unspecified atom stereocenters. The molecule has 1 atom stereocenters. The fraction of sp³-hybridized carbons (Fsp3) is 0.250. The van der Waals surface area contributed by atoms with Gasteiger partial charge in [-0.15, -0.1) is 0 Å². The predicted molar refractivity (Wildman–Crippen MR) is 129 cm³/mol. The van der Waals surface area contributed by atoms with Crippen LogP contribution in [-0.2, 0) is 4.79 Å². The first kappa shape index (κ1) is 22.9. The molecule has 3 rings (SSSR count). The van der Waals surface area contributed by atoms with Crippen molar-refractivity contribution in [2.24, 2.45) is 0 Å². The molecule has 0 aliphatic rings. The van der Waals surface area contributed by atoms with Crippen LogP contribution in [0.3, 0.4) is 0 Å². The Morgan fingerprint density at radius 1 is 0.968 bits per heavy atom. The average Bonchev–Trinajstić information content (AvgIpc) is 2.76. The van der Waals surface area contributed by atoms with E-state index in [4.69, 9.17) is 23.2 Å². The largest absolute Gasteiger partial charge is 0.326 e. The van der Waals surface area contributed by atoms with Gasteiger partial charge in [0.15, 0.2) is 0 Å². The van der Waals surface area contributed by atoms with Gasteiger partial charge in [-0.05, 0) is 48.4 Å². The van der Waals surface area contributed by atoms with E-state index in [-0.39, 0.29) is 36.0 Å². The molecule has 162 valence electrons. The molecule has 0 spiro atoms.